The summed E-state index contributed by atoms with van der Waals surface area (Å²) < 4.78 is 0. The van der Waals surface area contributed by atoms with Gasteiger partial charge in [0.2, 0.25) is 0 Å². The van der Waals surface area contributed by atoms with Gasteiger partial charge < -0.3 is 5.32 Å². The molecule has 1 aliphatic rings. The van der Waals surface area contributed by atoms with Crippen molar-refractivity contribution in [1.82, 2.24) is 5.32 Å². The third-order valence-electron chi connectivity index (χ3n) is 3.43. The molecule has 2 heteroatoms. The molecule has 1 N–H and O–H groups in total. The Bertz CT molecular complexity index is 155. The Kier molecular flexibility index (Phi) is 6.74. The van der Waals surface area contributed by atoms with E-state index in [9.17, 15) is 0 Å². The Balaban J connectivity index is 2.27. The van der Waals surface area contributed by atoms with Crippen LogP contribution in [0.4, 0.5) is 0 Å². The van der Waals surface area contributed by atoms with E-state index in [-0.39, 0.29) is 0 Å². The Morgan fingerprint density at radius 3 is 2.40 bits per heavy atom. The highest BCUT2D eigenvalue weighted by Gasteiger charge is 2.21. The van der Waals surface area contributed by atoms with Gasteiger partial charge in [-0.2, -0.15) is 11.8 Å². The summed E-state index contributed by atoms with van der Waals surface area (Å²) >= 11 is 2.23. The average molecular weight is 229 g/mol. The normalized spacial score (nSPS) is 22.6. The lowest BCUT2D eigenvalue weighted by Crippen LogP contribution is -2.37. The summed E-state index contributed by atoms with van der Waals surface area (Å²) in [4.78, 5) is 0. The molecule has 1 aliphatic carbocycles. The number of thioether (sulfide) groups is 1. The number of rotatable bonds is 6. The molecule has 1 rings (SSSR count). The largest absolute Gasteiger partial charge is 0.313 e. The van der Waals surface area contributed by atoms with Crippen molar-refractivity contribution in [1.29, 1.82) is 0 Å². The van der Waals surface area contributed by atoms with Gasteiger partial charge in [-0.15, -0.1) is 0 Å². The van der Waals surface area contributed by atoms with Gasteiger partial charge in [0.1, 0.15) is 0 Å². The molecule has 1 saturated carbocycles. The zero-order valence-electron chi connectivity index (χ0n) is 10.6. The molecule has 0 aromatic heterocycles. The molecule has 0 aromatic rings. The maximum atomic E-state index is 3.60. The van der Waals surface area contributed by atoms with Gasteiger partial charge in [0.15, 0.2) is 0 Å². The predicted octanol–water partition coefficient (Wildman–Crippen LogP) is 3.83. The van der Waals surface area contributed by atoms with Crippen molar-refractivity contribution in [3.63, 3.8) is 0 Å². The monoisotopic (exact) mass is 229 g/mol. The van der Waals surface area contributed by atoms with Crippen molar-refractivity contribution >= 4 is 11.8 Å². The molecule has 0 bridgehead atoms. The van der Waals surface area contributed by atoms with E-state index in [1.165, 1.54) is 38.5 Å². The maximum absolute atomic E-state index is 3.60. The van der Waals surface area contributed by atoms with Gasteiger partial charge in [0.05, 0.1) is 0 Å². The van der Waals surface area contributed by atoms with E-state index >= 15 is 0 Å². The predicted molar refractivity (Wildman–Crippen MR) is 71.7 cm³/mol. The summed E-state index contributed by atoms with van der Waals surface area (Å²) in [5, 5.41) is 5.32. The molecule has 0 radical (unpaired) electrons. The Labute approximate surface area is 99.8 Å². The quantitative estimate of drug-likeness (QED) is 0.743. The molecule has 0 heterocycles. The van der Waals surface area contributed by atoms with Gasteiger partial charge in [0, 0.05) is 16.5 Å². The maximum Gasteiger partial charge on any atom is 0.0181 e. The molecule has 15 heavy (non-hydrogen) atoms. The standard InChI is InChI=1S/C13H27NS/c1-4-13(14-5-2)11(3)15-12-9-7-6-8-10-12/h11-14H,4-10H2,1-3H3. The molecule has 2 unspecified atom stereocenters. The fourth-order valence-electron chi connectivity index (χ4n) is 2.50. The Hall–Kier alpha value is 0.310. The molecule has 0 saturated heterocycles. The summed E-state index contributed by atoms with van der Waals surface area (Å²) in [6, 6.07) is 0.710. The minimum Gasteiger partial charge on any atom is -0.313 e. The topological polar surface area (TPSA) is 12.0 Å². The first kappa shape index (κ1) is 13.4. The summed E-state index contributed by atoms with van der Waals surface area (Å²) in [7, 11) is 0. The zero-order chi connectivity index (χ0) is 11.1. The van der Waals surface area contributed by atoms with Crippen molar-refractivity contribution in [2.45, 2.75) is 75.8 Å². The second-order valence-corrected chi connectivity index (χ2v) is 6.36. The van der Waals surface area contributed by atoms with Crippen LogP contribution >= 0.6 is 11.8 Å². The van der Waals surface area contributed by atoms with E-state index in [0.29, 0.717) is 6.04 Å². The van der Waals surface area contributed by atoms with E-state index < -0.39 is 0 Å². The molecule has 0 amide bonds. The highest BCUT2D eigenvalue weighted by atomic mass is 32.2. The summed E-state index contributed by atoms with van der Waals surface area (Å²) in [6.07, 6.45) is 8.56. The van der Waals surface area contributed by atoms with Crippen LogP contribution in [0.5, 0.6) is 0 Å². The first-order chi connectivity index (χ1) is 7.27. The summed E-state index contributed by atoms with van der Waals surface area (Å²) in [6.45, 7) is 8.01. The molecule has 90 valence electrons. The molecular weight excluding hydrogens is 202 g/mol. The third-order valence-corrected chi connectivity index (χ3v) is 5.05. The van der Waals surface area contributed by atoms with Crippen molar-refractivity contribution in [3.8, 4) is 0 Å². The second kappa shape index (κ2) is 7.56. The molecule has 0 aliphatic heterocycles. The summed E-state index contributed by atoms with van der Waals surface area (Å²) in [5.41, 5.74) is 0. The lowest BCUT2D eigenvalue weighted by Gasteiger charge is -2.29. The molecule has 0 aromatic carbocycles. The number of hydrogen-bond acceptors (Lipinski definition) is 2. The SMILES string of the molecule is CCNC(CC)C(C)SC1CCCCC1. The van der Waals surface area contributed by atoms with Gasteiger partial charge in [-0.25, -0.2) is 0 Å². The highest BCUT2D eigenvalue weighted by Crippen LogP contribution is 2.32. The Morgan fingerprint density at radius 1 is 1.20 bits per heavy atom. The van der Waals surface area contributed by atoms with E-state index in [2.05, 4.69) is 37.8 Å². The molecule has 0 spiro atoms. The first-order valence-electron chi connectivity index (χ1n) is 6.66. The third kappa shape index (κ3) is 4.78. The fraction of sp³-hybridized carbons (Fsp3) is 1.00. The van der Waals surface area contributed by atoms with Crippen LogP contribution in [0.1, 0.15) is 59.3 Å². The Morgan fingerprint density at radius 2 is 1.87 bits per heavy atom. The minimum atomic E-state index is 0.710. The van der Waals surface area contributed by atoms with Crippen LogP contribution in [0, 0.1) is 0 Å². The smallest absolute Gasteiger partial charge is 0.0181 e. The molecule has 1 fully saturated rings. The van der Waals surface area contributed by atoms with E-state index in [1.54, 1.807) is 0 Å². The molecule has 2 atom stereocenters. The van der Waals surface area contributed by atoms with Gasteiger partial charge >= 0.3 is 0 Å². The van der Waals surface area contributed by atoms with E-state index in [1.807, 2.05) is 0 Å². The molecular formula is C13H27NS. The lowest BCUT2D eigenvalue weighted by atomic mass is 10.0. The van der Waals surface area contributed by atoms with E-state index in [0.717, 1.165) is 17.0 Å². The number of hydrogen-bond donors (Lipinski definition) is 1. The second-order valence-electron chi connectivity index (χ2n) is 4.67. The van der Waals surface area contributed by atoms with Crippen LogP contribution in [0.3, 0.4) is 0 Å². The van der Waals surface area contributed by atoms with Crippen molar-refractivity contribution in [2.24, 2.45) is 0 Å². The van der Waals surface area contributed by atoms with Crippen LogP contribution in [-0.4, -0.2) is 23.1 Å². The van der Waals surface area contributed by atoms with Crippen molar-refractivity contribution < 1.29 is 0 Å². The van der Waals surface area contributed by atoms with Gasteiger partial charge in [-0.05, 0) is 25.8 Å². The van der Waals surface area contributed by atoms with Crippen LogP contribution < -0.4 is 5.32 Å². The molecule has 1 nitrogen and oxygen atoms in total. The van der Waals surface area contributed by atoms with Crippen LogP contribution in [0.2, 0.25) is 0 Å². The first-order valence-corrected chi connectivity index (χ1v) is 7.61. The van der Waals surface area contributed by atoms with Crippen molar-refractivity contribution in [3.05, 3.63) is 0 Å². The van der Waals surface area contributed by atoms with Gasteiger partial charge in [-0.3, -0.25) is 0 Å². The number of nitrogens with one attached hydrogen (secondary N) is 1. The van der Waals surface area contributed by atoms with Gasteiger partial charge in [0.25, 0.3) is 0 Å². The summed E-state index contributed by atoms with van der Waals surface area (Å²) in [5.74, 6) is 0. The van der Waals surface area contributed by atoms with Crippen LogP contribution in [0.25, 0.3) is 0 Å². The minimum absolute atomic E-state index is 0.710. The van der Waals surface area contributed by atoms with Crippen molar-refractivity contribution in [2.75, 3.05) is 6.54 Å². The van der Waals surface area contributed by atoms with Crippen LogP contribution in [0.15, 0.2) is 0 Å². The fourth-order valence-corrected chi connectivity index (χ4v) is 4.20. The zero-order valence-corrected chi connectivity index (χ0v) is 11.4. The van der Waals surface area contributed by atoms with E-state index in [4.69, 9.17) is 0 Å². The highest BCUT2D eigenvalue weighted by molar-refractivity contribution is 8.00. The lowest BCUT2D eigenvalue weighted by molar-refractivity contribution is 0.493. The average Bonchev–Trinajstić information content (AvgIpc) is 2.27. The van der Waals surface area contributed by atoms with Crippen LogP contribution in [-0.2, 0) is 0 Å². The van der Waals surface area contributed by atoms with Gasteiger partial charge in [-0.1, -0.05) is 40.0 Å².